The number of piperidine rings is 1. The zero-order valence-electron chi connectivity index (χ0n) is 17.2. The minimum absolute atomic E-state index is 0.0958. The number of halogens is 3. The Morgan fingerprint density at radius 2 is 2.00 bits per heavy atom. The van der Waals surface area contributed by atoms with Gasteiger partial charge in [0.2, 0.25) is 5.88 Å². The van der Waals surface area contributed by atoms with Crippen LogP contribution >= 0.6 is 15.9 Å². The van der Waals surface area contributed by atoms with Gasteiger partial charge in [-0.15, -0.1) is 5.10 Å². The van der Waals surface area contributed by atoms with Crippen molar-refractivity contribution in [2.75, 3.05) is 13.1 Å². The van der Waals surface area contributed by atoms with Gasteiger partial charge < -0.3 is 9.64 Å². The maximum atomic E-state index is 14.8. The van der Waals surface area contributed by atoms with Crippen molar-refractivity contribution in [1.29, 1.82) is 0 Å². The molecule has 33 heavy (non-hydrogen) atoms. The summed E-state index contributed by atoms with van der Waals surface area (Å²) in [5.74, 6) is -3.40. The lowest BCUT2D eigenvalue weighted by Gasteiger charge is -2.38. The summed E-state index contributed by atoms with van der Waals surface area (Å²) in [6, 6.07) is 15.8. The Morgan fingerprint density at radius 3 is 2.82 bits per heavy atom. The molecule has 4 aromatic rings. The van der Waals surface area contributed by atoms with E-state index in [2.05, 4.69) is 31.2 Å². The number of rotatable bonds is 4. The van der Waals surface area contributed by atoms with Crippen LogP contribution in [0.5, 0.6) is 5.88 Å². The molecule has 1 saturated heterocycles. The predicted octanol–water partition coefficient (Wildman–Crippen LogP) is 4.51. The molecule has 0 radical (unpaired) electrons. The third-order valence-corrected chi connectivity index (χ3v) is 6.05. The standard InChI is InChI=1S/C23H18BrF2N5O2/c24-16-6-7-19(31-12-10-27-29-31)17(13-16)22(32)30-11-9-23(25,26)20(14-30)33-21-8-5-15-3-1-2-4-18(15)28-21/h1-8,10,12-13,20H,9,11,14H2/t20-/m0/s1. The first-order valence-electron chi connectivity index (χ1n) is 10.3. The highest BCUT2D eigenvalue weighted by atomic mass is 79.9. The van der Waals surface area contributed by atoms with Crippen molar-refractivity contribution in [3.63, 3.8) is 0 Å². The molecule has 5 rings (SSSR count). The van der Waals surface area contributed by atoms with E-state index in [0.29, 0.717) is 21.2 Å². The summed E-state index contributed by atoms with van der Waals surface area (Å²) in [7, 11) is 0. The van der Waals surface area contributed by atoms with Gasteiger partial charge in [0.1, 0.15) is 0 Å². The zero-order valence-corrected chi connectivity index (χ0v) is 18.8. The van der Waals surface area contributed by atoms with Crippen LogP contribution in [-0.2, 0) is 0 Å². The van der Waals surface area contributed by atoms with Crippen LogP contribution in [0.15, 0.2) is 71.5 Å². The number of para-hydroxylation sites is 1. The van der Waals surface area contributed by atoms with Crippen molar-refractivity contribution < 1.29 is 18.3 Å². The topological polar surface area (TPSA) is 73.1 Å². The number of pyridine rings is 1. The molecule has 1 fully saturated rings. The number of ether oxygens (including phenoxy) is 1. The Labute approximate surface area is 196 Å². The summed E-state index contributed by atoms with van der Waals surface area (Å²) in [4.78, 5) is 19.1. The fraction of sp³-hybridized carbons (Fsp3) is 0.217. The number of amides is 1. The van der Waals surface area contributed by atoms with E-state index in [9.17, 15) is 13.6 Å². The fourth-order valence-corrected chi connectivity index (χ4v) is 4.18. The quantitative estimate of drug-likeness (QED) is 0.401. The molecule has 3 heterocycles. The lowest BCUT2D eigenvalue weighted by atomic mass is 10.0. The van der Waals surface area contributed by atoms with Crippen molar-refractivity contribution in [3.8, 4) is 11.6 Å². The van der Waals surface area contributed by atoms with E-state index >= 15 is 0 Å². The summed E-state index contributed by atoms with van der Waals surface area (Å²) >= 11 is 3.38. The summed E-state index contributed by atoms with van der Waals surface area (Å²) < 4.78 is 37.3. The second kappa shape index (κ2) is 8.51. The van der Waals surface area contributed by atoms with Gasteiger partial charge in [0.25, 0.3) is 11.8 Å². The minimum Gasteiger partial charge on any atom is -0.466 e. The van der Waals surface area contributed by atoms with Crippen LogP contribution in [0.4, 0.5) is 8.78 Å². The van der Waals surface area contributed by atoms with E-state index in [0.717, 1.165) is 5.39 Å². The lowest BCUT2D eigenvalue weighted by Crippen LogP contribution is -2.55. The van der Waals surface area contributed by atoms with Gasteiger partial charge in [-0.05, 0) is 30.3 Å². The minimum atomic E-state index is -3.10. The monoisotopic (exact) mass is 513 g/mol. The second-order valence-electron chi connectivity index (χ2n) is 7.72. The molecule has 7 nitrogen and oxygen atoms in total. The third-order valence-electron chi connectivity index (χ3n) is 5.55. The Morgan fingerprint density at radius 1 is 1.15 bits per heavy atom. The van der Waals surface area contributed by atoms with Gasteiger partial charge in [-0.3, -0.25) is 4.79 Å². The molecule has 1 atom stereocenters. The average molecular weight is 514 g/mol. The zero-order chi connectivity index (χ0) is 23.0. The van der Waals surface area contributed by atoms with E-state index in [4.69, 9.17) is 4.74 Å². The molecule has 1 amide bonds. The van der Waals surface area contributed by atoms with Crippen LogP contribution in [0.1, 0.15) is 16.8 Å². The van der Waals surface area contributed by atoms with Gasteiger partial charge in [0.15, 0.2) is 6.10 Å². The molecule has 1 aliphatic heterocycles. The molecule has 0 unspecified atom stereocenters. The number of aromatic nitrogens is 4. The first-order valence-corrected chi connectivity index (χ1v) is 11.1. The smallest absolute Gasteiger partial charge is 0.287 e. The van der Waals surface area contributed by atoms with Crippen LogP contribution in [0.2, 0.25) is 0 Å². The number of benzene rings is 2. The third kappa shape index (κ3) is 4.30. The van der Waals surface area contributed by atoms with Crippen LogP contribution in [-0.4, -0.2) is 55.9 Å². The van der Waals surface area contributed by atoms with Crippen molar-refractivity contribution in [2.24, 2.45) is 0 Å². The number of hydrogen-bond acceptors (Lipinski definition) is 5. The van der Waals surface area contributed by atoms with Gasteiger partial charge in [0, 0.05) is 28.9 Å². The summed E-state index contributed by atoms with van der Waals surface area (Å²) in [6.07, 6.45) is 1.08. The van der Waals surface area contributed by atoms with Crippen molar-refractivity contribution >= 4 is 32.7 Å². The number of fused-ring (bicyclic) bond motifs is 1. The maximum Gasteiger partial charge on any atom is 0.287 e. The SMILES string of the molecule is O=C(c1cc(Br)ccc1-n1ccnn1)N1CCC(F)(F)[C@@H](Oc2ccc3ccccc3n2)C1. The van der Waals surface area contributed by atoms with Crippen LogP contribution < -0.4 is 4.74 Å². The molecule has 0 aliphatic carbocycles. The highest BCUT2D eigenvalue weighted by Gasteiger charge is 2.47. The average Bonchev–Trinajstić information content (AvgIpc) is 3.34. The van der Waals surface area contributed by atoms with Gasteiger partial charge in [0.05, 0.1) is 35.7 Å². The number of alkyl halides is 2. The van der Waals surface area contributed by atoms with E-state index in [1.54, 1.807) is 42.6 Å². The molecule has 2 aromatic heterocycles. The first kappa shape index (κ1) is 21.4. The number of carbonyl (C=O) groups excluding carboxylic acids is 1. The van der Waals surface area contributed by atoms with Crippen LogP contribution in [0, 0.1) is 0 Å². The Kier molecular flexibility index (Phi) is 5.53. The number of nitrogens with zero attached hydrogens (tertiary/aromatic N) is 5. The Hall–Kier alpha value is -3.40. The predicted molar refractivity (Wildman–Crippen MR) is 121 cm³/mol. The summed E-state index contributed by atoms with van der Waals surface area (Å²) in [5, 5.41) is 8.62. The van der Waals surface area contributed by atoms with Gasteiger partial charge in [-0.1, -0.05) is 39.3 Å². The number of likely N-dealkylation sites (tertiary alicyclic amines) is 1. The van der Waals surface area contributed by atoms with Gasteiger partial charge in [-0.25, -0.2) is 18.4 Å². The Balaban J connectivity index is 1.41. The fourth-order valence-electron chi connectivity index (χ4n) is 3.82. The molecule has 10 heteroatoms. The van der Waals surface area contributed by atoms with Gasteiger partial charge >= 0.3 is 0 Å². The van der Waals surface area contributed by atoms with E-state index in [1.807, 2.05) is 18.2 Å². The molecule has 0 N–H and O–H groups in total. The summed E-state index contributed by atoms with van der Waals surface area (Å²) in [6.45, 7) is -0.371. The lowest BCUT2D eigenvalue weighted by molar-refractivity contribution is -0.131. The number of hydrogen-bond donors (Lipinski definition) is 0. The molecule has 168 valence electrons. The van der Waals surface area contributed by atoms with E-state index < -0.39 is 24.4 Å². The van der Waals surface area contributed by atoms with Gasteiger partial charge in [-0.2, -0.15) is 0 Å². The van der Waals surface area contributed by atoms with Crippen LogP contribution in [0.3, 0.4) is 0 Å². The molecule has 0 bridgehead atoms. The maximum absolute atomic E-state index is 14.8. The Bertz CT molecular complexity index is 1320. The van der Waals surface area contributed by atoms with E-state index in [1.165, 1.54) is 15.8 Å². The molecular weight excluding hydrogens is 496 g/mol. The first-order chi connectivity index (χ1) is 15.9. The highest BCUT2D eigenvalue weighted by molar-refractivity contribution is 9.10. The van der Waals surface area contributed by atoms with Crippen molar-refractivity contribution in [1.82, 2.24) is 24.9 Å². The van der Waals surface area contributed by atoms with E-state index in [-0.39, 0.29) is 19.0 Å². The van der Waals surface area contributed by atoms with Crippen molar-refractivity contribution in [3.05, 3.63) is 77.0 Å². The molecule has 0 spiro atoms. The normalized spacial score (nSPS) is 17.8. The second-order valence-corrected chi connectivity index (χ2v) is 8.64. The highest BCUT2D eigenvalue weighted by Crippen LogP contribution is 2.33. The molecule has 2 aromatic carbocycles. The molecule has 1 aliphatic rings. The molecular formula is C23H18BrF2N5O2. The largest absolute Gasteiger partial charge is 0.466 e. The number of carbonyl (C=O) groups is 1. The molecule has 0 saturated carbocycles. The summed E-state index contributed by atoms with van der Waals surface area (Å²) in [5.41, 5.74) is 1.48. The van der Waals surface area contributed by atoms with Crippen molar-refractivity contribution in [2.45, 2.75) is 18.4 Å². The van der Waals surface area contributed by atoms with Crippen LogP contribution in [0.25, 0.3) is 16.6 Å².